The van der Waals surface area contributed by atoms with Crippen molar-refractivity contribution in [2.75, 3.05) is 0 Å². The predicted octanol–water partition coefficient (Wildman–Crippen LogP) is 3.36. The maximum Gasteiger partial charge on any atom is 0.269 e. The SMILES string of the molecule is CCC1CCC(N(C(=O)Cn2c(=O)cnc3ccccc32)C2CC2)CC1. The van der Waals surface area contributed by atoms with Gasteiger partial charge in [-0.25, -0.2) is 4.98 Å². The Hall–Kier alpha value is -2.17. The smallest absolute Gasteiger partial charge is 0.269 e. The molecule has 26 heavy (non-hydrogen) atoms. The second-order valence-electron chi connectivity index (χ2n) is 7.79. The standard InChI is InChI=1S/C21H27N3O2/c1-2-15-7-9-16(10-8-15)24(17-11-12-17)21(26)14-23-19-6-4-3-5-18(19)22-13-20(23)25/h3-6,13,15-17H,2,7-12,14H2,1H3. The molecule has 2 fully saturated rings. The summed E-state index contributed by atoms with van der Waals surface area (Å²) in [4.78, 5) is 31.9. The van der Waals surface area contributed by atoms with Gasteiger partial charge in [0.05, 0.1) is 17.2 Å². The number of rotatable bonds is 5. The Morgan fingerprint density at radius 1 is 1.12 bits per heavy atom. The van der Waals surface area contributed by atoms with Crippen molar-refractivity contribution in [2.45, 2.75) is 70.5 Å². The van der Waals surface area contributed by atoms with Crippen LogP contribution in [0.4, 0.5) is 0 Å². The molecule has 2 aromatic rings. The van der Waals surface area contributed by atoms with Crippen molar-refractivity contribution in [3.8, 4) is 0 Å². The summed E-state index contributed by atoms with van der Waals surface area (Å²) in [5.41, 5.74) is 1.28. The fraction of sp³-hybridized carbons (Fsp3) is 0.571. The maximum absolute atomic E-state index is 13.2. The van der Waals surface area contributed by atoms with E-state index in [1.807, 2.05) is 24.3 Å². The van der Waals surface area contributed by atoms with E-state index in [-0.39, 0.29) is 18.0 Å². The molecule has 0 N–H and O–H groups in total. The van der Waals surface area contributed by atoms with Crippen LogP contribution >= 0.6 is 0 Å². The van der Waals surface area contributed by atoms with Gasteiger partial charge in [0, 0.05) is 12.1 Å². The van der Waals surface area contributed by atoms with Gasteiger partial charge in [-0.1, -0.05) is 25.5 Å². The molecule has 0 bridgehead atoms. The van der Waals surface area contributed by atoms with Gasteiger partial charge in [-0.15, -0.1) is 0 Å². The minimum absolute atomic E-state index is 0.0888. The minimum Gasteiger partial charge on any atom is -0.335 e. The van der Waals surface area contributed by atoms with Gasteiger partial charge in [0.25, 0.3) is 5.56 Å². The van der Waals surface area contributed by atoms with Gasteiger partial charge in [-0.3, -0.25) is 14.2 Å². The summed E-state index contributed by atoms with van der Waals surface area (Å²) in [6, 6.07) is 8.26. The van der Waals surface area contributed by atoms with Crippen molar-refractivity contribution in [3.63, 3.8) is 0 Å². The van der Waals surface area contributed by atoms with Gasteiger partial charge >= 0.3 is 0 Å². The topological polar surface area (TPSA) is 55.2 Å². The Labute approximate surface area is 154 Å². The molecule has 0 radical (unpaired) electrons. The molecule has 2 aliphatic carbocycles. The number of nitrogens with zero attached hydrogens (tertiary/aromatic N) is 3. The Balaban J connectivity index is 1.57. The molecule has 1 aromatic carbocycles. The second-order valence-corrected chi connectivity index (χ2v) is 7.79. The van der Waals surface area contributed by atoms with Crippen molar-refractivity contribution >= 4 is 16.9 Å². The summed E-state index contributed by atoms with van der Waals surface area (Å²) in [7, 11) is 0. The second kappa shape index (κ2) is 7.22. The molecule has 5 nitrogen and oxygen atoms in total. The molecular weight excluding hydrogens is 326 g/mol. The molecule has 2 saturated carbocycles. The highest BCUT2D eigenvalue weighted by atomic mass is 16.2. The lowest BCUT2D eigenvalue weighted by molar-refractivity contribution is -0.135. The molecule has 1 aromatic heterocycles. The summed E-state index contributed by atoms with van der Waals surface area (Å²) in [6.07, 6.45) is 9.41. The summed E-state index contributed by atoms with van der Waals surface area (Å²) >= 11 is 0. The number of aromatic nitrogens is 2. The van der Waals surface area contributed by atoms with Gasteiger partial charge in [-0.05, 0) is 56.6 Å². The van der Waals surface area contributed by atoms with Gasteiger partial charge < -0.3 is 4.90 Å². The highest BCUT2D eigenvalue weighted by molar-refractivity contribution is 5.80. The lowest BCUT2D eigenvalue weighted by Gasteiger charge is -2.37. The molecule has 138 valence electrons. The minimum atomic E-state index is -0.206. The fourth-order valence-corrected chi connectivity index (χ4v) is 4.38. The van der Waals surface area contributed by atoms with Crippen molar-refractivity contribution in [1.82, 2.24) is 14.5 Å². The number of fused-ring (bicyclic) bond motifs is 1. The zero-order valence-electron chi connectivity index (χ0n) is 15.4. The molecule has 5 heteroatoms. The number of para-hydroxylation sites is 2. The van der Waals surface area contributed by atoms with Gasteiger partial charge in [0.15, 0.2) is 0 Å². The van der Waals surface area contributed by atoms with E-state index in [4.69, 9.17) is 0 Å². The third-order valence-electron chi connectivity index (χ3n) is 6.06. The van der Waals surface area contributed by atoms with Crippen LogP contribution in [0.5, 0.6) is 0 Å². The highest BCUT2D eigenvalue weighted by Gasteiger charge is 2.38. The van der Waals surface area contributed by atoms with Crippen LogP contribution in [0, 0.1) is 5.92 Å². The van der Waals surface area contributed by atoms with Crippen LogP contribution in [0.15, 0.2) is 35.3 Å². The molecule has 2 aliphatic rings. The van der Waals surface area contributed by atoms with Crippen LogP contribution in [0.2, 0.25) is 0 Å². The van der Waals surface area contributed by atoms with Crippen LogP contribution in [0.3, 0.4) is 0 Å². The average molecular weight is 353 g/mol. The molecule has 0 spiro atoms. The van der Waals surface area contributed by atoms with Crippen LogP contribution in [0.25, 0.3) is 11.0 Å². The van der Waals surface area contributed by atoms with Gasteiger partial charge in [0.2, 0.25) is 5.91 Å². The van der Waals surface area contributed by atoms with E-state index in [0.29, 0.717) is 12.1 Å². The van der Waals surface area contributed by atoms with Crippen molar-refractivity contribution in [2.24, 2.45) is 5.92 Å². The third kappa shape index (κ3) is 3.39. The summed E-state index contributed by atoms with van der Waals surface area (Å²) in [6.45, 7) is 2.38. The third-order valence-corrected chi connectivity index (χ3v) is 6.06. The van der Waals surface area contributed by atoms with Crippen LogP contribution in [0.1, 0.15) is 51.9 Å². The predicted molar refractivity (Wildman–Crippen MR) is 102 cm³/mol. The Kier molecular flexibility index (Phi) is 4.79. The Morgan fingerprint density at radius 3 is 2.42 bits per heavy atom. The molecule has 0 aliphatic heterocycles. The first-order valence-electron chi connectivity index (χ1n) is 9.93. The van der Waals surface area contributed by atoms with Gasteiger partial charge in [0.1, 0.15) is 6.54 Å². The van der Waals surface area contributed by atoms with E-state index in [0.717, 1.165) is 42.6 Å². The first kappa shape index (κ1) is 17.3. The number of benzene rings is 1. The van der Waals surface area contributed by atoms with Crippen LogP contribution in [-0.4, -0.2) is 32.4 Å². The molecule has 1 heterocycles. The van der Waals surface area contributed by atoms with E-state index in [1.54, 1.807) is 4.57 Å². The summed E-state index contributed by atoms with van der Waals surface area (Å²) in [5, 5.41) is 0. The van der Waals surface area contributed by atoms with Gasteiger partial charge in [-0.2, -0.15) is 0 Å². The normalized spacial score (nSPS) is 23.1. The zero-order chi connectivity index (χ0) is 18.1. The van der Waals surface area contributed by atoms with E-state index in [9.17, 15) is 9.59 Å². The Bertz CT molecular complexity index is 848. The van der Waals surface area contributed by atoms with E-state index < -0.39 is 0 Å². The largest absolute Gasteiger partial charge is 0.335 e. The highest BCUT2D eigenvalue weighted by Crippen LogP contribution is 2.36. The molecule has 1 amide bonds. The van der Waals surface area contributed by atoms with Crippen LogP contribution < -0.4 is 5.56 Å². The molecule has 0 saturated heterocycles. The summed E-state index contributed by atoms with van der Waals surface area (Å²) < 4.78 is 1.58. The number of carbonyl (C=O) groups excluding carboxylic acids is 1. The molecule has 0 unspecified atom stereocenters. The Morgan fingerprint density at radius 2 is 1.77 bits per heavy atom. The van der Waals surface area contributed by atoms with Crippen molar-refractivity contribution in [1.29, 1.82) is 0 Å². The van der Waals surface area contributed by atoms with Crippen LogP contribution in [-0.2, 0) is 11.3 Å². The first-order chi connectivity index (χ1) is 12.7. The number of carbonyl (C=O) groups is 1. The van der Waals surface area contributed by atoms with E-state index in [1.165, 1.54) is 25.5 Å². The fourth-order valence-electron chi connectivity index (χ4n) is 4.38. The quantitative estimate of drug-likeness (QED) is 0.828. The van der Waals surface area contributed by atoms with Crippen molar-refractivity contribution < 1.29 is 4.79 Å². The lowest BCUT2D eigenvalue weighted by atomic mass is 9.84. The molecule has 0 atom stereocenters. The monoisotopic (exact) mass is 353 g/mol. The summed E-state index contributed by atoms with van der Waals surface area (Å²) in [5.74, 6) is 0.903. The lowest BCUT2D eigenvalue weighted by Crippen LogP contribution is -2.46. The number of amides is 1. The van der Waals surface area contributed by atoms with Crippen molar-refractivity contribution in [3.05, 3.63) is 40.8 Å². The molecule has 4 rings (SSSR count). The van der Waals surface area contributed by atoms with E-state index >= 15 is 0 Å². The number of hydrogen-bond donors (Lipinski definition) is 0. The zero-order valence-corrected chi connectivity index (χ0v) is 15.4. The number of hydrogen-bond acceptors (Lipinski definition) is 3. The average Bonchev–Trinajstić information content (AvgIpc) is 3.50. The van der Waals surface area contributed by atoms with E-state index in [2.05, 4.69) is 16.8 Å². The first-order valence-corrected chi connectivity index (χ1v) is 9.93. The maximum atomic E-state index is 13.2. The molecular formula is C21H27N3O2.